The summed E-state index contributed by atoms with van der Waals surface area (Å²) in [6.45, 7) is 2.17. The summed E-state index contributed by atoms with van der Waals surface area (Å²) in [5, 5.41) is 15.7. The molecule has 2 N–H and O–H groups in total. The molecule has 2 aromatic heterocycles. The molecule has 4 rings (SSSR count). The van der Waals surface area contributed by atoms with Gasteiger partial charge in [0.15, 0.2) is 0 Å². The number of hydrogen-bond donors (Lipinski definition) is 2. The number of unbranched alkanes of at least 4 members (excludes halogenated alkanes) is 2. The third kappa shape index (κ3) is 5.20. The lowest BCUT2D eigenvalue weighted by atomic mass is 10.1. The van der Waals surface area contributed by atoms with Crippen molar-refractivity contribution in [2.24, 2.45) is 0 Å². The molecule has 9 heteroatoms. The zero-order valence-electron chi connectivity index (χ0n) is 18.0. The van der Waals surface area contributed by atoms with Crippen LogP contribution in [0.5, 0.6) is 0 Å². The highest BCUT2D eigenvalue weighted by molar-refractivity contribution is 6.04. The average Bonchev–Trinajstić information content (AvgIpc) is 3.35. The van der Waals surface area contributed by atoms with Gasteiger partial charge in [0.25, 0.3) is 0 Å². The summed E-state index contributed by atoms with van der Waals surface area (Å²) in [6, 6.07) is 11.5. The molecule has 1 amide bonds. The van der Waals surface area contributed by atoms with Crippen molar-refractivity contribution in [3.63, 3.8) is 0 Å². The topological polar surface area (TPSA) is 114 Å². The molecule has 168 valence electrons. The van der Waals surface area contributed by atoms with Gasteiger partial charge in [0.2, 0.25) is 22.9 Å². The van der Waals surface area contributed by atoms with Crippen molar-refractivity contribution in [2.75, 3.05) is 5.32 Å². The number of aromatic amines is 1. The van der Waals surface area contributed by atoms with Crippen molar-refractivity contribution in [1.82, 2.24) is 20.6 Å². The largest absolute Gasteiger partial charge is 0.450 e. The molecule has 0 fully saturated rings. The summed E-state index contributed by atoms with van der Waals surface area (Å²) in [5.74, 6) is -1.16. The number of benzene rings is 2. The SMILES string of the molecule is CCCCCc1ccc(C=CC(=O)Nc2c(-c3nnn[nH]3)oc3ccc(F)cc3c2=O)cc1. The molecule has 4 aromatic rings. The van der Waals surface area contributed by atoms with Crippen molar-refractivity contribution in [2.45, 2.75) is 32.6 Å². The van der Waals surface area contributed by atoms with E-state index in [-0.39, 0.29) is 28.2 Å². The lowest BCUT2D eigenvalue weighted by molar-refractivity contribution is -0.111. The fraction of sp³-hybridized carbons (Fsp3) is 0.208. The summed E-state index contributed by atoms with van der Waals surface area (Å²) >= 11 is 0. The van der Waals surface area contributed by atoms with Crippen LogP contribution in [-0.4, -0.2) is 26.5 Å². The van der Waals surface area contributed by atoms with Gasteiger partial charge in [-0.05, 0) is 58.7 Å². The molecule has 8 nitrogen and oxygen atoms in total. The number of amides is 1. The van der Waals surface area contributed by atoms with E-state index in [1.807, 2.05) is 24.3 Å². The second kappa shape index (κ2) is 9.99. The lowest BCUT2D eigenvalue weighted by Crippen LogP contribution is -2.18. The molecular formula is C24H22FN5O3. The van der Waals surface area contributed by atoms with Gasteiger partial charge in [0.1, 0.15) is 17.1 Å². The Labute approximate surface area is 188 Å². The fourth-order valence-electron chi connectivity index (χ4n) is 3.41. The van der Waals surface area contributed by atoms with E-state index in [9.17, 15) is 14.0 Å². The molecule has 0 aliphatic carbocycles. The van der Waals surface area contributed by atoms with Crippen LogP contribution < -0.4 is 10.7 Å². The van der Waals surface area contributed by atoms with Gasteiger partial charge in [-0.25, -0.2) is 9.49 Å². The number of hydrogen-bond acceptors (Lipinski definition) is 6. The highest BCUT2D eigenvalue weighted by Crippen LogP contribution is 2.26. The van der Waals surface area contributed by atoms with Crippen molar-refractivity contribution in [3.8, 4) is 11.6 Å². The minimum atomic E-state index is -0.611. The van der Waals surface area contributed by atoms with Crippen LogP contribution in [0, 0.1) is 5.82 Å². The van der Waals surface area contributed by atoms with E-state index in [0.29, 0.717) is 0 Å². The van der Waals surface area contributed by atoms with Crippen LogP contribution in [-0.2, 0) is 11.2 Å². The maximum absolute atomic E-state index is 13.7. The maximum Gasteiger partial charge on any atom is 0.248 e. The molecule has 0 saturated carbocycles. The number of halogens is 1. The number of H-pyrrole nitrogens is 1. The quantitative estimate of drug-likeness (QED) is 0.304. The zero-order valence-corrected chi connectivity index (χ0v) is 18.0. The third-order valence-corrected chi connectivity index (χ3v) is 5.14. The number of aryl methyl sites for hydroxylation is 1. The summed E-state index contributed by atoms with van der Waals surface area (Å²) in [6.07, 6.45) is 7.50. The van der Waals surface area contributed by atoms with Gasteiger partial charge in [-0.1, -0.05) is 44.0 Å². The predicted octanol–water partition coefficient (Wildman–Crippen LogP) is 4.50. The van der Waals surface area contributed by atoms with Gasteiger partial charge in [0.05, 0.1) is 5.39 Å². The highest BCUT2D eigenvalue weighted by Gasteiger charge is 2.20. The van der Waals surface area contributed by atoms with E-state index < -0.39 is 17.2 Å². The molecular weight excluding hydrogens is 425 g/mol. The van der Waals surface area contributed by atoms with Gasteiger partial charge in [0, 0.05) is 6.08 Å². The van der Waals surface area contributed by atoms with Crippen LogP contribution in [0.4, 0.5) is 10.1 Å². The number of tetrazole rings is 1. The van der Waals surface area contributed by atoms with Gasteiger partial charge in [-0.3, -0.25) is 9.59 Å². The van der Waals surface area contributed by atoms with Crippen LogP contribution in [0.3, 0.4) is 0 Å². The predicted molar refractivity (Wildman–Crippen MR) is 123 cm³/mol. The Bertz CT molecular complexity index is 1350. The molecule has 0 spiro atoms. The first kappa shape index (κ1) is 22.1. The second-order valence-corrected chi connectivity index (χ2v) is 7.55. The first-order valence-corrected chi connectivity index (χ1v) is 10.6. The van der Waals surface area contributed by atoms with Crippen molar-refractivity contribution in [3.05, 3.63) is 75.7 Å². The Morgan fingerprint density at radius 1 is 1.18 bits per heavy atom. The van der Waals surface area contributed by atoms with Gasteiger partial charge >= 0.3 is 0 Å². The summed E-state index contributed by atoms with van der Waals surface area (Å²) < 4.78 is 19.4. The molecule has 2 aromatic carbocycles. The van der Waals surface area contributed by atoms with E-state index >= 15 is 0 Å². The smallest absolute Gasteiger partial charge is 0.248 e. The molecule has 0 aliphatic rings. The average molecular weight is 447 g/mol. The number of fused-ring (bicyclic) bond motifs is 1. The van der Waals surface area contributed by atoms with Crippen molar-refractivity contribution >= 4 is 28.6 Å². The number of rotatable bonds is 8. The van der Waals surface area contributed by atoms with Crippen LogP contribution in [0.25, 0.3) is 28.6 Å². The molecule has 33 heavy (non-hydrogen) atoms. The normalized spacial score (nSPS) is 11.3. The van der Waals surface area contributed by atoms with Crippen molar-refractivity contribution in [1.29, 1.82) is 0 Å². The molecule has 0 unspecified atom stereocenters. The second-order valence-electron chi connectivity index (χ2n) is 7.55. The summed E-state index contributed by atoms with van der Waals surface area (Å²) in [7, 11) is 0. The van der Waals surface area contributed by atoms with Crippen LogP contribution in [0.1, 0.15) is 37.3 Å². The van der Waals surface area contributed by atoms with E-state index in [4.69, 9.17) is 4.42 Å². The van der Waals surface area contributed by atoms with E-state index in [1.54, 1.807) is 6.08 Å². The first-order valence-electron chi connectivity index (χ1n) is 10.6. The number of anilines is 1. The fourth-order valence-corrected chi connectivity index (χ4v) is 3.41. The molecule has 0 radical (unpaired) electrons. The number of nitrogens with one attached hydrogen (secondary N) is 2. The first-order chi connectivity index (χ1) is 16.0. The van der Waals surface area contributed by atoms with Gasteiger partial charge in [-0.2, -0.15) is 0 Å². The van der Waals surface area contributed by atoms with Crippen LogP contribution in [0.2, 0.25) is 0 Å². The Morgan fingerprint density at radius 2 is 2.00 bits per heavy atom. The minimum Gasteiger partial charge on any atom is -0.450 e. The minimum absolute atomic E-state index is 0.0100. The van der Waals surface area contributed by atoms with Gasteiger partial charge < -0.3 is 9.73 Å². The Balaban J connectivity index is 1.58. The van der Waals surface area contributed by atoms with E-state index in [1.165, 1.54) is 36.6 Å². The zero-order chi connectivity index (χ0) is 23.2. The Morgan fingerprint density at radius 3 is 2.73 bits per heavy atom. The number of carbonyl (C=O) groups excluding carboxylic acids is 1. The summed E-state index contributed by atoms with van der Waals surface area (Å²) in [4.78, 5) is 25.6. The van der Waals surface area contributed by atoms with E-state index in [0.717, 1.165) is 24.5 Å². The van der Waals surface area contributed by atoms with Crippen LogP contribution >= 0.6 is 0 Å². The third-order valence-electron chi connectivity index (χ3n) is 5.14. The standard InChI is InChI=1S/C24H22FN5O3/c1-2-3-4-5-15-6-8-16(9-7-15)10-13-20(31)26-21-22(32)18-14-17(25)11-12-19(18)33-23(21)24-27-29-30-28-24/h6-14H,2-5H2,1H3,(H,26,31)(H,27,28,29,30). The molecule has 0 aliphatic heterocycles. The Hall–Kier alpha value is -4.14. The Kier molecular flexibility index (Phi) is 6.68. The van der Waals surface area contributed by atoms with Gasteiger partial charge in [-0.15, -0.1) is 5.10 Å². The maximum atomic E-state index is 13.7. The monoisotopic (exact) mass is 447 g/mol. The number of nitrogens with zero attached hydrogens (tertiary/aromatic N) is 3. The number of aromatic nitrogens is 4. The van der Waals surface area contributed by atoms with E-state index in [2.05, 4.69) is 32.9 Å². The lowest BCUT2D eigenvalue weighted by Gasteiger charge is -2.08. The number of carbonyl (C=O) groups is 1. The highest BCUT2D eigenvalue weighted by atomic mass is 19.1. The summed E-state index contributed by atoms with van der Waals surface area (Å²) in [5.41, 5.74) is 1.43. The molecule has 0 bridgehead atoms. The molecule has 0 saturated heterocycles. The molecule has 0 atom stereocenters. The van der Waals surface area contributed by atoms with Crippen molar-refractivity contribution < 1.29 is 13.6 Å². The molecule has 2 heterocycles. The van der Waals surface area contributed by atoms with Crippen LogP contribution in [0.15, 0.2) is 57.8 Å².